The molecule has 0 unspecified atom stereocenters. The first kappa shape index (κ1) is 31.8. The Morgan fingerprint density at radius 2 is 0.625 bits per heavy atom. The molecule has 0 saturated carbocycles. The molecule has 0 aromatic heterocycles. The van der Waals surface area contributed by atoms with Crippen molar-refractivity contribution in [2.75, 3.05) is 0 Å². The van der Waals surface area contributed by atoms with E-state index in [0.29, 0.717) is 0 Å². The van der Waals surface area contributed by atoms with Crippen LogP contribution < -0.4 is 0 Å². The fourth-order valence-corrected chi connectivity index (χ4v) is 0. The number of rotatable bonds is 0. The molecule has 58 valence electrons. The Labute approximate surface area is 89.0 Å². The van der Waals surface area contributed by atoms with Crippen molar-refractivity contribution in [2.45, 2.75) is 0 Å². The molecular weight excluding hydrogens is 276 g/mol. The average Bonchev–Trinajstić information content (AvgIpc) is 0.811. The minimum Gasteiger partial charge on any atom is -0.147 e. The molecule has 0 fully saturated rings. The van der Waals surface area contributed by atoms with Crippen LogP contribution in [0.4, 0.5) is 0 Å². The van der Waals surface area contributed by atoms with Crippen molar-refractivity contribution in [3.05, 3.63) is 0 Å². The SMILES string of the molecule is Cl.Cl.Cl.Cl.Cl[SiH](Cl)Cl. The van der Waals surface area contributed by atoms with Crippen LogP contribution in [0.15, 0.2) is 0 Å². The highest BCUT2D eigenvalue weighted by Crippen LogP contribution is 1.97. The van der Waals surface area contributed by atoms with Crippen LogP contribution in [0, 0.1) is 0 Å². The molecule has 0 aromatic carbocycles. The fraction of sp³-hybridized carbons (Fsp3) is 0. The predicted octanol–water partition coefficient (Wildman–Crippen LogP) is 3.11. The first-order valence-corrected chi connectivity index (χ1v) is 5.89. The fourth-order valence-electron chi connectivity index (χ4n) is 0. The molecule has 0 aliphatic carbocycles. The van der Waals surface area contributed by atoms with Gasteiger partial charge in [-0.3, -0.25) is 0 Å². The molecule has 0 nitrogen and oxygen atoms in total. The lowest BCUT2D eigenvalue weighted by Gasteiger charge is -1.65. The summed E-state index contributed by atoms with van der Waals surface area (Å²) < 4.78 is 0. The highest BCUT2D eigenvalue weighted by molar-refractivity contribution is 7.54. The molecule has 0 bridgehead atoms. The zero-order valence-corrected chi connectivity index (χ0v) is 10.0. The summed E-state index contributed by atoms with van der Waals surface area (Å²) in [6.45, 7) is -1.72. The van der Waals surface area contributed by atoms with Crippen LogP contribution in [-0.2, 0) is 0 Å². The average molecular weight is 281 g/mol. The summed E-state index contributed by atoms with van der Waals surface area (Å²) in [6, 6.07) is 0. The molecule has 0 saturated heterocycles. The van der Waals surface area contributed by atoms with E-state index in [1.165, 1.54) is 0 Å². The summed E-state index contributed by atoms with van der Waals surface area (Å²) in [5, 5.41) is 0. The Balaban J connectivity index is -0.00000000750. The molecule has 0 aliphatic heterocycles. The van der Waals surface area contributed by atoms with Crippen molar-refractivity contribution in [2.24, 2.45) is 0 Å². The Hall–Kier alpha value is 2.25. The van der Waals surface area contributed by atoms with Gasteiger partial charge in [0.05, 0.1) is 0 Å². The number of hydrogen-bond acceptors (Lipinski definition) is 0. The molecule has 0 aliphatic rings. The second-order valence-electron chi connectivity index (χ2n) is 0.247. The second-order valence-corrected chi connectivity index (χ2v) is 6.68. The van der Waals surface area contributed by atoms with Crippen LogP contribution in [0.3, 0.4) is 0 Å². The highest BCUT2D eigenvalue weighted by atomic mass is 35.8. The molecule has 0 radical (unpaired) electrons. The molecular formula is H5Cl7Si. The van der Waals surface area contributed by atoms with Crippen molar-refractivity contribution < 1.29 is 0 Å². The van der Waals surface area contributed by atoms with Crippen LogP contribution in [0.5, 0.6) is 0 Å². The van der Waals surface area contributed by atoms with Gasteiger partial charge in [-0.1, -0.05) is 0 Å². The van der Waals surface area contributed by atoms with Gasteiger partial charge < -0.3 is 0 Å². The van der Waals surface area contributed by atoms with E-state index >= 15 is 0 Å². The topological polar surface area (TPSA) is 0 Å². The quantitative estimate of drug-likeness (QED) is 0.473. The van der Waals surface area contributed by atoms with Gasteiger partial charge in [0, 0.05) is 0 Å². The normalized spacial score (nSPS) is 4.50. The van der Waals surface area contributed by atoms with Crippen LogP contribution in [0.25, 0.3) is 0 Å². The van der Waals surface area contributed by atoms with Crippen molar-refractivity contribution in [3.63, 3.8) is 0 Å². The van der Waals surface area contributed by atoms with E-state index in [0.717, 1.165) is 0 Å². The van der Waals surface area contributed by atoms with E-state index in [4.69, 9.17) is 33.2 Å². The predicted molar refractivity (Wildman–Crippen MR) is 53.7 cm³/mol. The summed E-state index contributed by atoms with van der Waals surface area (Å²) in [7, 11) is 0. The largest absolute Gasteiger partial charge is 0.326 e. The van der Waals surface area contributed by atoms with Crippen molar-refractivity contribution in [3.8, 4) is 0 Å². The third-order valence-corrected chi connectivity index (χ3v) is 0. The monoisotopic (exact) mass is 278 g/mol. The van der Waals surface area contributed by atoms with Crippen molar-refractivity contribution in [1.29, 1.82) is 0 Å². The summed E-state index contributed by atoms with van der Waals surface area (Å²) in [6.07, 6.45) is 0. The molecule has 0 rings (SSSR count). The van der Waals surface area contributed by atoms with E-state index in [1.807, 2.05) is 0 Å². The number of hydrogen-bond donors (Lipinski definition) is 0. The molecule has 0 spiro atoms. The zero-order chi connectivity index (χ0) is 3.58. The van der Waals surface area contributed by atoms with Gasteiger partial charge in [-0.25, -0.2) is 0 Å². The minimum absolute atomic E-state index is 0. The Morgan fingerprint density at radius 1 is 0.625 bits per heavy atom. The van der Waals surface area contributed by atoms with E-state index in [9.17, 15) is 0 Å². The molecule has 0 N–H and O–H groups in total. The zero-order valence-electron chi connectivity index (χ0n) is 3.34. The standard InChI is InChI=1S/Cl3HSi.4ClH/c1-4(2)3;;;;/h4H;4*1H. The Kier molecular flexibility index (Phi) is 90.9. The number of halogens is 7. The van der Waals surface area contributed by atoms with Gasteiger partial charge >= 0.3 is 6.73 Å². The molecule has 0 atom stereocenters. The van der Waals surface area contributed by atoms with Gasteiger partial charge in [-0.2, -0.15) is 0 Å². The highest BCUT2D eigenvalue weighted by Gasteiger charge is 1.85. The maximum absolute atomic E-state index is 4.94. The van der Waals surface area contributed by atoms with Gasteiger partial charge in [-0.15, -0.1) is 82.9 Å². The van der Waals surface area contributed by atoms with E-state index in [2.05, 4.69) is 0 Å². The van der Waals surface area contributed by atoms with Gasteiger partial charge in [0.15, 0.2) is 0 Å². The van der Waals surface area contributed by atoms with Crippen LogP contribution >= 0.6 is 82.9 Å². The summed E-state index contributed by atoms with van der Waals surface area (Å²) in [5.41, 5.74) is 0. The molecule has 0 aromatic rings. The summed E-state index contributed by atoms with van der Waals surface area (Å²) in [5.74, 6) is 0. The maximum atomic E-state index is 4.94. The van der Waals surface area contributed by atoms with E-state index < -0.39 is 6.73 Å². The van der Waals surface area contributed by atoms with Crippen LogP contribution in [0.2, 0.25) is 0 Å². The van der Waals surface area contributed by atoms with Gasteiger partial charge in [0.2, 0.25) is 0 Å². The Morgan fingerprint density at radius 3 is 0.625 bits per heavy atom. The van der Waals surface area contributed by atoms with Crippen molar-refractivity contribution >= 4 is 89.6 Å². The third kappa shape index (κ3) is 85.8. The lowest BCUT2D eigenvalue weighted by molar-refractivity contribution is 4.07. The van der Waals surface area contributed by atoms with Crippen LogP contribution in [0.1, 0.15) is 0 Å². The molecule has 0 amide bonds. The van der Waals surface area contributed by atoms with Crippen LogP contribution in [-0.4, -0.2) is 6.73 Å². The van der Waals surface area contributed by atoms with Crippen molar-refractivity contribution in [1.82, 2.24) is 0 Å². The van der Waals surface area contributed by atoms with Gasteiger partial charge in [0.1, 0.15) is 0 Å². The lowest BCUT2D eigenvalue weighted by atomic mass is 27.7. The lowest BCUT2D eigenvalue weighted by Crippen LogP contribution is -1.66. The molecule has 8 heteroatoms. The third-order valence-electron chi connectivity index (χ3n) is 0. The van der Waals surface area contributed by atoms with Gasteiger partial charge in [-0.05, 0) is 0 Å². The first-order chi connectivity index (χ1) is 1.73. The maximum Gasteiger partial charge on any atom is 0.326 e. The smallest absolute Gasteiger partial charge is 0.147 e. The first-order valence-electron chi connectivity index (χ1n) is 0.655. The molecule has 0 heterocycles. The minimum atomic E-state index is -1.72. The molecule has 8 heavy (non-hydrogen) atoms. The van der Waals surface area contributed by atoms with Gasteiger partial charge in [0.25, 0.3) is 0 Å². The Bertz CT molecular complexity index is 9.10. The second kappa shape index (κ2) is 22.8. The van der Waals surface area contributed by atoms with E-state index in [-0.39, 0.29) is 49.6 Å². The summed E-state index contributed by atoms with van der Waals surface area (Å²) in [4.78, 5) is 0. The van der Waals surface area contributed by atoms with E-state index in [1.54, 1.807) is 0 Å². The summed E-state index contributed by atoms with van der Waals surface area (Å²) >= 11 is 14.8.